The average Bonchev–Trinajstić information content (AvgIpc) is 3.13. The normalized spacial score (nSPS) is 20.5. The molecular formula is C18H23N3O3. The van der Waals surface area contributed by atoms with Crippen LogP contribution in [0.15, 0.2) is 30.5 Å². The summed E-state index contributed by atoms with van der Waals surface area (Å²) in [5, 5.41) is 13.2. The quantitative estimate of drug-likeness (QED) is 0.903. The SMILES string of the molecule is CCCn1ccc2cc(NC(=O)N3CCC(C)(C(=O)O)C3)ccc21. The Kier molecular flexibility index (Phi) is 4.22. The second-order valence-corrected chi connectivity index (χ2v) is 6.75. The van der Waals surface area contributed by atoms with E-state index in [0.29, 0.717) is 13.0 Å². The minimum absolute atomic E-state index is 0.239. The maximum atomic E-state index is 12.4. The third-order valence-electron chi connectivity index (χ3n) is 4.76. The van der Waals surface area contributed by atoms with Crippen molar-refractivity contribution >= 4 is 28.6 Å². The topological polar surface area (TPSA) is 74.6 Å². The summed E-state index contributed by atoms with van der Waals surface area (Å²) in [5.74, 6) is -0.850. The van der Waals surface area contributed by atoms with Gasteiger partial charge in [-0.25, -0.2) is 4.79 Å². The lowest BCUT2D eigenvalue weighted by Gasteiger charge is -2.20. The minimum Gasteiger partial charge on any atom is -0.481 e. The molecule has 1 aromatic heterocycles. The van der Waals surface area contributed by atoms with Gasteiger partial charge in [0.2, 0.25) is 0 Å². The van der Waals surface area contributed by atoms with Crippen molar-refractivity contribution in [3.8, 4) is 0 Å². The number of anilines is 1. The molecule has 6 heteroatoms. The van der Waals surface area contributed by atoms with Gasteiger partial charge in [0.05, 0.1) is 5.41 Å². The maximum Gasteiger partial charge on any atom is 0.321 e. The first-order valence-electron chi connectivity index (χ1n) is 8.31. The van der Waals surface area contributed by atoms with Gasteiger partial charge in [-0.15, -0.1) is 0 Å². The third kappa shape index (κ3) is 2.96. The van der Waals surface area contributed by atoms with Crippen LogP contribution in [-0.2, 0) is 11.3 Å². The molecule has 1 atom stereocenters. The first-order chi connectivity index (χ1) is 11.4. The molecule has 2 amide bonds. The molecule has 1 unspecified atom stereocenters. The number of aliphatic carboxylic acids is 1. The van der Waals surface area contributed by atoms with E-state index in [9.17, 15) is 14.7 Å². The van der Waals surface area contributed by atoms with E-state index in [1.54, 1.807) is 11.8 Å². The van der Waals surface area contributed by atoms with Crippen LogP contribution in [0.4, 0.5) is 10.5 Å². The smallest absolute Gasteiger partial charge is 0.321 e. The summed E-state index contributed by atoms with van der Waals surface area (Å²) in [6.07, 6.45) is 3.60. The fourth-order valence-electron chi connectivity index (χ4n) is 3.23. The lowest BCUT2D eigenvalue weighted by molar-refractivity contribution is -0.146. The molecule has 1 aliphatic heterocycles. The van der Waals surface area contributed by atoms with E-state index in [1.807, 2.05) is 24.3 Å². The van der Waals surface area contributed by atoms with Crippen LogP contribution in [0.3, 0.4) is 0 Å². The van der Waals surface area contributed by atoms with Crippen LogP contribution in [-0.4, -0.2) is 39.7 Å². The lowest BCUT2D eigenvalue weighted by atomic mass is 9.90. The number of urea groups is 1. The van der Waals surface area contributed by atoms with Gasteiger partial charge in [-0.2, -0.15) is 0 Å². The summed E-state index contributed by atoms with van der Waals surface area (Å²) in [4.78, 5) is 25.2. The number of carboxylic acids is 1. The number of benzene rings is 1. The number of nitrogens with zero attached hydrogens (tertiary/aromatic N) is 2. The van der Waals surface area contributed by atoms with Crippen LogP contribution in [0.2, 0.25) is 0 Å². The molecule has 1 aromatic carbocycles. The fraction of sp³-hybridized carbons (Fsp3) is 0.444. The Hall–Kier alpha value is -2.50. The van der Waals surface area contributed by atoms with E-state index in [4.69, 9.17) is 0 Å². The Morgan fingerprint density at radius 3 is 2.79 bits per heavy atom. The Bertz CT molecular complexity index is 783. The summed E-state index contributed by atoms with van der Waals surface area (Å²) in [6, 6.07) is 7.64. The lowest BCUT2D eigenvalue weighted by Crippen LogP contribution is -2.37. The van der Waals surface area contributed by atoms with Gasteiger partial charge < -0.3 is 19.9 Å². The van der Waals surface area contributed by atoms with Crippen LogP contribution in [0.1, 0.15) is 26.7 Å². The zero-order chi connectivity index (χ0) is 17.3. The second-order valence-electron chi connectivity index (χ2n) is 6.75. The molecule has 6 nitrogen and oxygen atoms in total. The summed E-state index contributed by atoms with van der Waals surface area (Å²) >= 11 is 0. The van der Waals surface area contributed by atoms with Crippen LogP contribution in [0, 0.1) is 5.41 Å². The van der Waals surface area contributed by atoms with E-state index in [1.165, 1.54) is 0 Å². The highest BCUT2D eigenvalue weighted by Gasteiger charge is 2.42. The third-order valence-corrected chi connectivity index (χ3v) is 4.76. The summed E-state index contributed by atoms with van der Waals surface area (Å²) < 4.78 is 2.19. The molecule has 2 N–H and O–H groups in total. The zero-order valence-electron chi connectivity index (χ0n) is 14.1. The number of hydrogen-bond acceptors (Lipinski definition) is 2. The minimum atomic E-state index is -0.850. The highest BCUT2D eigenvalue weighted by molar-refractivity contribution is 5.93. The number of carboxylic acid groups (broad SMARTS) is 1. The van der Waals surface area contributed by atoms with E-state index in [0.717, 1.165) is 29.6 Å². The van der Waals surface area contributed by atoms with Crippen LogP contribution in [0.25, 0.3) is 10.9 Å². The van der Waals surface area contributed by atoms with Crippen molar-refractivity contribution in [1.29, 1.82) is 0 Å². The van der Waals surface area contributed by atoms with Crippen molar-refractivity contribution in [2.24, 2.45) is 5.41 Å². The first-order valence-corrected chi connectivity index (χ1v) is 8.31. The Labute approximate surface area is 141 Å². The van der Waals surface area contributed by atoms with Crippen LogP contribution >= 0.6 is 0 Å². The van der Waals surface area contributed by atoms with Gasteiger partial charge in [0.15, 0.2) is 0 Å². The molecule has 0 radical (unpaired) electrons. The number of aryl methyl sites for hydroxylation is 1. The van der Waals surface area contributed by atoms with Crippen molar-refractivity contribution in [3.05, 3.63) is 30.5 Å². The van der Waals surface area contributed by atoms with Crippen molar-refractivity contribution in [3.63, 3.8) is 0 Å². The molecule has 0 saturated carbocycles. The van der Waals surface area contributed by atoms with Gasteiger partial charge in [0.1, 0.15) is 0 Å². The van der Waals surface area contributed by atoms with E-state index >= 15 is 0 Å². The molecule has 0 spiro atoms. The molecule has 24 heavy (non-hydrogen) atoms. The largest absolute Gasteiger partial charge is 0.481 e. The first kappa shape index (κ1) is 16.4. The predicted molar refractivity (Wildman–Crippen MR) is 93.2 cm³/mol. The van der Waals surface area contributed by atoms with E-state index < -0.39 is 11.4 Å². The number of aromatic nitrogens is 1. The van der Waals surface area contributed by atoms with Crippen molar-refractivity contribution in [2.75, 3.05) is 18.4 Å². The Balaban J connectivity index is 1.71. The molecular weight excluding hydrogens is 306 g/mol. The van der Waals surface area contributed by atoms with Gasteiger partial charge in [-0.3, -0.25) is 4.79 Å². The maximum absolute atomic E-state index is 12.4. The standard InChI is InChI=1S/C18H23N3O3/c1-3-8-20-9-6-13-11-14(4-5-15(13)20)19-17(24)21-10-7-18(2,12-21)16(22)23/h4-6,9,11H,3,7-8,10,12H2,1-2H3,(H,19,24)(H,22,23). The number of carbonyl (C=O) groups is 2. The van der Waals surface area contributed by atoms with E-state index in [2.05, 4.69) is 23.0 Å². The molecule has 3 rings (SSSR count). The number of amides is 2. The second kappa shape index (κ2) is 6.19. The van der Waals surface area contributed by atoms with Crippen LogP contribution < -0.4 is 5.32 Å². The molecule has 0 bridgehead atoms. The molecule has 0 aliphatic carbocycles. The number of hydrogen-bond donors (Lipinski definition) is 2. The number of fused-ring (bicyclic) bond motifs is 1. The molecule has 1 saturated heterocycles. The molecule has 2 heterocycles. The molecule has 2 aromatic rings. The zero-order valence-corrected chi connectivity index (χ0v) is 14.1. The van der Waals surface area contributed by atoms with Gasteiger partial charge in [-0.05, 0) is 44.0 Å². The summed E-state index contributed by atoms with van der Waals surface area (Å²) in [7, 11) is 0. The Morgan fingerprint density at radius 1 is 1.33 bits per heavy atom. The van der Waals surface area contributed by atoms with Crippen LogP contribution in [0.5, 0.6) is 0 Å². The molecule has 1 fully saturated rings. The van der Waals surface area contributed by atoms with Crippen molar-refractivity contribution in [1.82, 2.24) is 9.47 Å². The van der Waals surface area contributed by atoms with Crippen molar-refractivity contribution < 1.29 is 14.7 Å². The van der Waals surface area contributed by atoms with Gasteiger partial charge in [0, 0.05) is 42.4 Å². The molecule has 1 aliphatic rings. The number of nitrogens with one attached hydrogen (secondary N) is 1. The highest BCUT2D eigenvalue weighted by Crippen LogP contribution is 2.30. The number of likely N-dealkylation sites (tertiary alicyclic amines) is 1. The summed E-state index contributed by atoms with van der Waals surface area (Å²) in [5.41, 5.74) is 1.03. The van der Waals surface area contributed by atoms with Gasteiger partial charge in [-0.1, -0.05) is 6.92 Å². The number of carbonyl (C=O) groups excluding carboxylic acids is 1. The Morgan fingerprint density at radius 2 is 2.12 bits per heavy atom. The fourth-order valence-corrected chi connectivity index (χ4v) is 3.23. The molecule has 128 valence electrons. The monoisotopic (exact) mass is 329 g/mol. The van der Waals surface area contributed by atoms with Crippen molar-refractivity contribution in [2.45, 2.75) is 33.2 Å². The average molecular weight is 329 g/mol. The van der Waals surface area contributed by atoms with Gasteiger partial charge in [0.25, 0.3) is 0 Å². The number of rotatable bonds is 4. The van der Waals surface area contributed by atoms with Gasteiger partial charge >= 0.3 is 12.0 Å². The predicted octanol–water partition coefficient (Wildman–Crippen LogP) is 3.38. The summed E-state index contributed by atoms with van der Waals surface area (Å²) in [6.45, 7) is 5.50. The van der Waals surface area contributed by atoms with E-state index in [-0.39, 0.29) is 12.6 Å². The highest BCUT2D eigenvalue weighted by atomic mass is 16.4.